The fourth-order valence-corrected chi connectivity index (χ4v) is 3.43. The lowest BCUT2D eigenvalue weighted by Gasteiger charge is -2.32. The zero-order chi connectivity index (χ0) is 14.6. The number of nitrogens with one attached hydrogen (secondary N) is 2. The zero-order valence-electron chi connectivity index (χ0n) is 12.8. The number of aliphatic hydroxyl groups is 1. The van der Waals surface area contributed by atoms with E-state index in [1.54, 1.807) is 0 Å². The molecule has 0 bridgehead atoms. The van der Waals surface area contributed by atoms with E-state index in [2.05, 4.69) is 29.6 Å². The molecule has 2 fully saturated rings. The Balaban J connectivity index is 1.68. The summed E-state index contributed by atoms with van der Waals surface area (Å²) in [4.78, 5) is 14.1. The molecule has 2 aliphatic rings. The highest BCUT2D eigenvalue weighted by Gasteiger charge is 2.30. The van der Waals surface area contributed by atoms with Gasteiger partial charge in [-0.2, -0.15) is 0 Å². The number of hydrogen-bond donors (Lipinski definition) is 3. The summed E-state index contributed by atoms with van der Waals surface area (Å²) >= 11 is 0. The number of carbonyl (C=O) groups is 1. The van der Waals surface area contributed by atoms with Crippen molar-refractivity contribution in [3.05, 3.63) is 0 Å². The summed E-state index contributed by atoms with van der Waals surface area (Å²) in [6.45, 7) is 0.378. The largest absolute Gasteiger partial charge is 0.388 e. The van der Waals surface area contributed by atoms with Gasteiger partial charge in [-0.05, 0) is 46.2 Å². The van der Waals surface area contributed by atoms with E-state index in [1.165, 1.54) is 6.42 Å². The Hall–Kier alpha value is -0.810. The molecule has 0 heterocycles. The first kappa shape index (κ1) is 15.6. The Bertz CT molecular complexity index is 327. The van der Waals surface area contributed by atoms with Crippen molar-refractivity contribution in [1.82, 2.24) is 15.5 Å². The van der Waals surface area contributed by atoms with Gasteiger partial charge in [-0.1, -0.05) is 19.3 Å². The zero-order valence-corrected chi connectivity index (χ0v) is 12.8. The highest BCUT2D eigenvalue weighted by atomic mass is 16.3. The van der Waals surface area contributed by atoms with Gasteiger partial charge in [0.25, 0.3) is 0 Å². The van der Waals surface area contributed by atoms with Gasteiger partial charge in [0.2, 0.25) is 0 Å². The monoisotopic (exact) mass is 283 g/mol. The molecule has 5 heteroatoms. The maximum atomic E-state index is 11.9. The lowest BCUT2D eigenvalue weighted by atomic mass is 9.85. The second-order valence-corrected chi connectivity index (χ2v) is 6.74. The fraction of sp³-hybridized carbons (Fsp3) is 0.933. The summed E-state index contributed by atoms with van der Waals surface area (Å²) in [5.74, 6) is 0. The van der Waals surface area contributed by atoms with Crippen molar-refractivity contribution in [2.24, 2.45) is 0 Å². The topological polar surface area (TPSA) is 64.6 Å². The predicted molar refractivity (Wildman–Crippen MR) is 79.7 cm³/mol. The molecule has 2 atom stereocenters. The van der Waals surface area contributed by atoms with Crippen LogP contribution in [-0.2, 0) is 0 Å². The molecule has 3 N–H and O–H groups in total. The van der Waals surface area contributed by atoms with Crippen molar-refractivity contribution in [3.63, 3.8) is 0 Å². The van der Waals surface area contributed by atoms with Crippen LogP contribution in [-0.4, -0.2) is 54.4 Å². The molecule has 0 saturated heterocycles. The Morgan fingerprint density at radius 2 is 1.95 bits per heavy atom. The lowest BCUT2D eigenvalue weighted by molar-refractivity contribution is 0.00712. The van der Waals surface area contributed by atoms with Gasteiger partial charge in [-0.15, -0.1) is 0 Å². The van der Waals surface area contributed by atoms with Crippen molar-refractivity contribution in [2.75, 3.05) is 20.6 Å². The Kier molecular flexibility index (Phi) is 5.27. The second kappa shape index (κ2) is 6.76. The molecular formula is C15H29N3O2. The molecule has 0 radical (unpaired) electrons. The van der Waals surface area contributed by atoms with Gasteiger partial charge in [-0.3, -0.25) is 0 Å². The maximum Gasteiger partial charge on any atom is 0.315 e. The number of nitrogens with zero attached hydrogens (tertiary/aromatic N) is 1. The Morgan fingerprint density at radius 1 is 1.25 bits per heavy atom. The minimum absolute atomic E-state index is 0.131. The molecule has 2 saturated carbocycles. The van der Waals surface area contributed by atoms with Crippen LogP contribution in [0.4, 0.5) is 4.79 Å². The third-order valence-electron chi connectivity index (χ3n) is 4.83. The van der Waals surface area contributed by atoms with Crippen molar-refractivity contribution < 1.29 is 9.90 Å². The lowest BCUT2D eigenvalue weighted by Crippen LogP contribution is -2.49. The van der Waals surface area contributed by atoms with Crippen LogP contribution in [0.5, 0.6) is 0 Å². The van der Waals surface area contributed by atoms with Crippen molar-refractivity contribution in [2.45, 2.75) is 69.1 Å². The number of amides is 2. The van der Waals surface area contributed by atoms with E-state index in [9.17, 15) is 9.90 Å². The van der Waals surface area contributed by atoms with Crippen LogP contribution in [0.2, 0.25) is 0 Å². The van der Waals surface area contributed by atoms with Crippen LogP contribution in [0, 0.1) is 0 Å². The van der Waals surface area contributed by atoms with Crippen molar-refractivity contribution >= 4 is 6.03 Å². The van der Waals surface area contributed by atoms with Crippen LogP contribution >= 0.6 is 0 Å². The molecule has 2 unspecified atom stereocenters. The molecule has 0 aromatic carbocycles. The van der Waals surface area contributed by atoms with E-state index < -0.39 is 5.60 Å². The van der Waals surface area contributed by atoms with E-state index in [1.807, 2.05) is 0 Å². The third kappa shape index (κ3) is 4.35. The average molecular weight is 283 g/mol. The normalized spacial score (nSPS) is 29.4. The molecular weight excluding hydrogens is 254 g/mol. The molecule has 2 rings (SSSR count). The van der Waals surface area contributed by atoms with E-state index in [4.69, 9.17) is 0 Å². The fourth-order valence-electron chi connectivity index (χ4n) is 3.43. The molecule has 20 heavy (non-hydrogen) atoms. The minimum Gasteiger partial charge on any atom is -0.388 e. The summed E-state index contributed by atoms with van der Waals surface area (Å²) in [5.41, 5.74) is -0.683. The first-order chi connectivity index (χ1) is 9.48. The van der Waals surface area contributed by atoms with E-state index in [0.717, 1.165) is 44.9 Å². The van der Waals surface area contributed by atoms with E-state index >= 15 is 0 Å². The highest BCUT2D eigenvalue weighted by Crippen LogP contribution is 2.27. The van der Waals surface area contributed by atoms with Gasteiger partial charge in [0, 0.05) is 18.6 Å². The quantitative estimate of drug-likeness (QED) is 0.732. The first-order valence-electron chi connectivity index (χ1n) is 7.92. The smallest absolute Gasteiger partial charge is 0.315 e. The third-order valence-corrected chi connectivity index (χ3v) is 4.83. The summed E-state index contributed by atoms with van der Waals surface area (Å²) in [6, 6.07) is 0.708. The number of urea groups is 1. The molecule has 0 aromatic rings. The molecule has 0 aromatic heterocycles. The number of hydrogen-bond acceptors (Lipinski definition) is 3. The van der Waals surface area contributed by atoms with Gasteiger partial charge < -0.3 is 20.6 Å². The standard InChI is InChI=1S/C15H29N3O2/c1-18(2)13-7-6-12(10-13)17-14(19)16-11-15(20)8-4-3-5-9-15/h12-13,20H,3-11H2,1-2H3,(H2,16,17,19). The minimum atomic E-state index is -0.683. The first-order valence-corrected chi connectivity index (χ1v) is 7.92. The average Bonchev–Trinajstić information content (AvgIpc) is 2.86. The van der Waals surface area contributed by atoms with Crippen molar-refractivity contribution in [1.29, 1.82) is 0 Å². The van der Waals surface area contributed by atoms with Crippen molar-refractivity contribution in [3.8, 4) is 0 Å². The second-order valence-electron chi connectivity index (χ2n) is 6.74. The molecule has 5 nitrogen and oxygen atoms in total. The van der Waals surface area contributed by atoms with Gasteiger partial charge in [-0.25, -0.2) is 4.79 Å². The van der Waals surface area contributed by atoms with Crippen LogP contribution in [0.1, 0.15) is 51.4 Å². The van der Waals surface area contributed by atoms with Crippen LogP contribution in [0.25, 0.3) is 0 Å². The summed E-state index contributed by atoms with van der Waals surface area (Å²) in [5, 5.41) is 16.2. The predicted octanol–water partition coefficient (Wildman–Crippen LogP) is 1.46. The molecule has 2 aliphatic carbocycles. The Morgan fingerprint density at radius 3 is 2.55 bits per heavy atom. The number of rotatable bonds is 4. The van der Waals surface area contributed by atoms with Gasteiger partial charge in [0.05, 0.1) is 5.60 Å². The summed E-state index contributed by atoms with van der Waals surface area (Å²) in [7, 11) is 4.18. The van der Waals surface area contributed by atoms with Crippen LogP contribution < -0.4 is 10.6 Å². The summed E-state index contributed by atoms with van der Waals surface area (Å²) in [6.07, 6.45) is 8.13. The van der Waals surface area contributed by atoms with Crippen LogP contribution in [0.3, 0.4) is 0 Å². The molecule has 0 spiro atoms. The maximum absolute atomic E-state index is 11.9. The SMILES string of the molecule is CN(C)C1CCC(NC(=O)NCC2(O)CCCCC2)C1. The van der Waals surface area contributed by atoms with Crippen LogP contribution in [0.15, 0.2) is 0 Å². The summed E-state index contributed by atoms with van der Waals surface area (Å²) < 4.78 is 0. The van der Waals surface area contributed by atoms with E-state index in [0.29, 0.717) is 12.6 Å². The number of carbonyl (C=O) groups excluding carboxylic acids is 1. The van der Waals surface area contributed by atoms with Gasteiger partial charge in [0.15, 0.2) is 0 Å². The van der Waals surface area contributed by atoms with Gasteiger partial charge >= 0.3 is 6.03 Å². The van der Waals surface area contributed by atoms with E-state index in [-0.39, 0.29) is 12.1 Å². The molecule has 0 aliphatic heterocycles. The molecule has 2 amide bonds. The molecule has 116 valence electrons. The van der Waals surface area contributed by atoms with Gasteiger partial charge in [0.1, 0.15) is 0 Å². The highest BCUT2D eigenvalue weighted by molar-refractivity contribution is 5.74. The Labute approximate surface area is 122 Å².